The minimum atomic E-state index is -0.524. The fourth-order valence-corrected chi connectivity index (χ4v) is 4.00. The third kappa shape index (κ3) is 4.04. The Labute approximate surface area is 167 Å². The zero-order chi connectivity index (χ0) is 19.5. The maximum absolute atomic E-state index is 12.8. The van der Waals surface area contributed by atoms with Crippen LogP contribution in [0.1, 0.15) is 16.6 Å². The number of fused-ring (bicyclic) bond motifs is 1. The van der Waals surface area contributed by atoms with E-state index in [1.165, 1.54) is 11.3 Å². The molecule has 0 aliphatic carbocycles. The Bertz CT molecular complexity index is 849. The average molecular weight is 401 g/mol. The number of amides is 2. The van der Waals surface area contributed by atoms with E-state index < -0.39 is 6.10 Å². The highest BCUT2D eigenvalue weighted by Gasteiger charge is 2.32. The van der Waals surface area contributed by atoms with Gasteiger partial charge in [-0.25, -0.2) is 0 Å². The van der Waals surface area contributed by atoms with Gasteiger partial charge in [-0.15, -0.1) is 11.3 Å². The number of rotatable bonds is 5. The molecule has 7 nitrogen and oxygen atoms in total. The molecule has 1 fully saturated rings. The van der Waals surface area contributed by atoms with Crippen molar-refractivity contribution >= 4 is 34.5 Å². The van der Waals surface area contributed by atoms with Crippen LogP contribution in [-0.2, 0) is 9.53 Å². The van der Waals surface area contributed by atoms with Crippen LogP contribution < -0.4 is 15.0 Å². The second-order valence-corrected chi connectivity index (χ2v) is 7.77. The van der Waals surface area contributed by atoms with E-state index in [0.717, 1.165) is 32.8 Å². The molecular formula is C20H23N3O4S. The molecule has 2 aromatic rings. The fraction of sp³-hybridized carbons (Fsp3) is 0.400. The third-order valence-corrected chi connectivity index (χ3v) is 5.78. The molecule has 3 heterocycles. The van der Waals surface area contributed by atoms with Gasteiger partial charge in [0.05, 0.1) is 23.8 Å². The molecule has 1 aromatic heterocycles. The summed E-state index contributed by atoms with van der Waals surface area (Å²) in [5.41, 5.74) is 1.33. The SMILES string of the molecule is CC1Oc2ccc(NC(=O)c3cccs3)cc2N(CCN2CCOCC2)C1=O. The Kier molecular flexibility index (Phi) is 5.61. The number of morpholine rings is 1. The minimum absolute atomic E-state index is 0.0671. The molecule has 0 radical (unpaired) electrons. The Balaban J connectivity index is 1.52. The van der Waals surface area contributed by atoms with E-state index in [-0.39, 0.29) is 11.8 Å². The molecule has 2 amide bonds. The number of nitrogens with one attached hydrogen (secondary N) is 1. The molecule has 1 unspecified atom stereocenters. The predicted octanol–water partition coefficient (Wildman–Crippen LogP) is 2.45. The summed E-state index contributed by atoms with van der Waals surface area (Å²) in [5.74, 6) is 0.428. The van der Waals surface area contributed by atoms with Crippen molar-refractivity contribution in [2.75, 3.05) is 49.6 Å². The van der Waals surface area contributed by atoms with E-state index in [2.05, 4.69) is 10.2 Å². The topological polar surface area (TPSA) is 71.1 Å². The van der Waals surface area contributed by atoms with Crippen molar-refractivity contribution in [3.05, 3.63) is 40.6 Å². The van der Waals surface area contributed by atoms with E-state index in [1.807, 2.05) is 23.6 Å². The van der Waals surface area contributed by atoms with Gasteiger partial charge < -0.3 is 19.7 Å². The monoisotopic (exact) mass is 401 g/mol. The van der Waals surface area contributed by atoms with Crippen molar-refractivity contribution in [1.82, 2.24) is 4.90 Å². The quantitative estimate of drug-likeness (QED) is 0.833. The van der Waals surface area contributed by atoms with Gasteiger partial charge in [0.15, 0.2) is 6.10 Å². The molecular weight excluding hydrogens is 378 g/mol. The van der Waals surface area contributed by atoms with E-state index in [4.69, 9.17) is 9.47 Å². The number of ether oxygens (including phenoxy) is 2. The molecule has 2 aliphatic heterocycles. The van der Waals surface area contributed by atoms with Crippen LogP contribution in [0.4, 0.5) is 11.4 Å². The van der Waals surface area contributed by atoms with Gasteiger partial charge in [-0.2, -0.15) is 0 Å². The van der Waals surface area contributed by atoms with Gasteiger partial charge in [0.25, 0.3) is 11.8 Å². The second kappa shape index (κ2) is 8.30. The number of benzene rings is 1. The number of carbonyl (C=O) groups is 2. The molecule has 0 spiro atoms. The molecule has 28 heavy (non-hydrogen) atoms. The number of hydrogen-bond acceptors (Lipinski definition) is 6. The number of thiophene rings is 1. The van der Waals surface area contributed by atoms with Crippen molar-refractivity contribution in [2.45, 2.75) is 13.0 Å². The van der Waals surface area contributed by atoms with Crippen LogP contribution in [-0.4, -0.2) is 62.2 Å². The predicted molar refractivity (Wildman–Crippen MR) is 108 cm³/mol. The number of nitrogens with zero attached hydrogens (tertiary/aromatic N) is 2. The highest BCUT2D eigenvalue weighted by molar-refractivity contribution is 7.12. The van der Waals surface area contributed by atoms with Gasteiger partial charge in [-0.05, 0) is 36.6 Å². The molecule has 1 N–H and O–H groups in total. The number of hydrogen-bond donors (Lipinski definition) is 1. The Hall–Kier alpha value is -2.42. The number of carbonyl (C=O) groups excluding carboxylic acids is 2. The lowest BCUT2D eigenvalue weighted by Crippen LogP contribution is -2.48. The molecule has 2 aliphatic rings. The first-order valence-corrected chi connectivity index (χ1v) is 10.3. The lowest BCUT2D eigenvalue weighted by atomic mass is 10.1. The van der Waals surface area contributed by atoms with Crippen molar-refractivity contribution in [3.63, 3.8) is 0 Å². The molecule has 1 saturated heterocycles. The van der Waals surface area contributed by atoms with Gasteiger partial charge in [-0.1, -0.05) is 6.07 Å². The Morgan fingerprint density at radius 1 is 1.25 bits per heavy atom. The largest absolute Gasteiger partial charge is 0.479 e. The van der Waals surface area contributed by atoms with Gasteiger partial charge >= 0.3 is 0 Å². The summed E-state index contributed by atoms with van der Waals surface area (Å²) in [6, 6.07) is 9.04. The highest BCUT2D eigenvalue weighted by atomic mass is 32.1. The van der Waals surface area contributed by atoms with Crippen molar-refractivity contribution in [3.8, 4) is 5.75 Å². The summed E-state index contributed by atoms with van der Waals surface area (Å²) in [4.78, 5) is 29.8. The third-order valence-electron chi connectivity index (χ3n) is 4.91. The van der Waals surface area contributed by atoms with E-state index in [1.54, 1.807) is 24.0 Å². The van der Waals surface area contributed by atoms with Crippen molar-refractivity contribution in [1.29, 1.82) is 0 Å². The smallest absolute Gasteiger partial charge is 0.267 e. The van der Waals surface area contributed by atoms with E-state index in [9.17, 15) is 9.59 Å². The molecule has 1 atom stereocenters. The fourth-order valence-electron chi connectivity index (χ4n) is 3.38. The average Bonchev–Trinajstić information content (AvgIpc) is 3.25. The van der Waals surface area contributed by atoms with Gasteiger partial charge in [0.2, 0.25) is 0 Å². The molecule has 4 rings (SSSR count). The summed E-state index contributed by atoms with van der Waals surface area (Å²) in [7, 11) is 0. The zero-order valence-electron chi connectivity index (χ0n) is 15.7. The molecule has 0 bridgehead atoms. The highest BCUT2D eigenvalue weighted by Crippen LogP contribution is 2.36. The van der Waals surface area contributed by atoms with E-state index in [0.29, 0.717) is 28.5 Å². The summed E-state index contributed by atoms with van der Waals surface area (Å²) in [6.45, 7) is 6.30. The van der Waals surface area contributed by atoms with Gasteiger partial charge in [0, 0.05) is 31.9 Å². The Morgan fingerprint density at radius 3 is 2.82 bits per heavy atom. The first-order valence-electron chi connectivity index (χ1n) is 9.39. The van der Waals surface area contributed by atoms with Crippen molar-refractivity contribution in [2.24, 2.45) is 0 Å². The maximum Gasteiger partial charge on any atom is 0.267 e. The lowest BCUT2D eigenvalue weighted by Gasteiger charge is -2.35. The van der Waals surface area contributed by atoms with Crippen LogP contribution in [0.15, 0.2) is 35.7 Å². The standard InChI is InChI=1S/C20H23N3O4S/c1-14-20(25)23(7-6-22-8-10-26-11-9-22)16-13-15(4-5-17(16)27-14)21-19(24)18-3-2-12-28-18/h2-5,12-14H,6-11H2,1H3,(H,21,24). The van der Waals surface area contributed by atoms with Crippen LogP contribution in [0.25, 0.3) is 0 Å². The second-order valence-electron chi connectivity index (χ2n) is 6.82. The van der Waals surface area contributed by atoms with Crippen LogP contribution in [0, 0.1) is 0 Å². The first-order chi connectivity index (χ1) is 13.6. The van der Waals surface area contributed by atoms with Crippen LogP contribution >= 0.6 is 11.3 Å². The number of anilines is 2. The molecule has 0 saturated carbocycles. The first kappa shape index (κ1) is 18.9. The van der Waals surface area contributed by atoms with Crippen LogP contribution in [0.5, 0.6) is 5.75 Å². The minimum Gasteiger partial charge on any atom is -0.479 e. The Morgan fingerprint density at radius 2 is 2.07 bits per heavy atom. The summed E-state index contributed by atoms with van der Waals surface area (Å²) < 4.78 is 11.2. The lowest BCUT2D eigenvalue weighted by molar-refractivity contribution is -0.125. The maximum atomic E-state index is 12.8. The van der Waals surface area contributed by atoms with Gasteiger partial charge in [-0.3, -0.25) is 14.5 Å². The van der Waals surface area contributed by atoms with Gasteiger partial charge in [0.1, 0.15) is 5.75 Å². The van der Waals surface area contributed by atoms with E-state index >= 15 is 0 Å². The summed E-state index contributed by atoms with van der Waals surface area (Å²) in [6.07, 6.45) is -0.524. The van der Waals surface area contributed by atoms with Crippen LogP contribution in [0.3, 0.4) is 0 Å². The molecule has 8 heteroatoms. The normalized spacial score (nSPS) is 19.8. The van der Waals surface area contributed by atoms with Crippen molar-refractivity contribution < 1.29 is 19.1 Å². The summed E-state index contributed by atoms with van der Waals surface area (Å²) >= 11 is 1.39. The molecule has 1 aromatic carbocycles. The molecule has 148 valence electrons. The zero-order valence-corrected chi connectivity index (χ0v) is 16.5. The van der Waals surface area contributed by atoms with Crippen LogP contribution in [0.2, 0.25) is 0 Å². The summed E-state index contributed by atoms with van der Waals surface area (Å²) in [5, 5.41) is 4.76.